The van der Waals surface area contributed by atoms with Gasteiger partial charge in [-0.15, -0.1) is 5.10 Å². The van der Waals surface area contributed by atoms with E-state index in [1.807, 2.05) is 0 Å². The van der Waals surface area contributed by atoms with Crippen molar-refractivity contribution in [2.45, 2.75) is 18.7 Å². The summed E-state index contributed by atoms with van der Waals surface area (Å²) in [5, 5.41) is 11.1. The number of nitrogens with zero attached hydrogens (tertiary/aromatic N) is 6. The summed E-state index contributed by atoms with van der Waals surface area (Å²) >= 11 is 5.88. The van der Waals surface area contributed by atoms with Crippen molar-refractivity contribution < 1.29 is 17.2 Å². The highest BCUT2D eigenvalue weighted by molar-refractivity contribution is 7.92. The van der Waals surface area contributed by atoms with Gasteiger partial charge in [0.25, 0.3) is 10.0 Å². The molecule has 9 nitrogen and oxygen atoms in total. The Hall–Kier alpha value is -3.90. The molecule has 0 bridgehead atoms. The lowest BCUT2D eigenvalue weighted by atomic mass is 10.0. The number of aryl methyl sites for hydroxylation is 1. The van der Waals surface area contributed by atoms with E-state index in [2.05, 4.69) is 31.8 Å². The van der Waals surface area contributed by atoms with E-state index in [0.29, 0.717) is 11.4 Å². The number of tetrazole rings is 1. The molecule has 3 aromatic rings. The van der Waals surface area contributed by atoms with Crippen molar-refractivity contribution in [3.8, 4) is 0 Å². The average molecular weight is 518 g/mol. The van der Waals surface area contributed by atoms with Crippen molar-refractivity contribution in [1.29, 1.82) is 0 Å². The second-order valence-corrected chi connectivity index (χ2v) is 9.45. The Bertz CT molecular complexity index is 1520. The minimum absolute atomic E-state index is 0.0964. The van der Waals surface area contributed by atoms with E-state index in [4.69, 9.17) is 11.6 Å². The fourth-order valence-electron chi connectivity index (χ4n) is 3.41. The van der Waals surface area contributed by atoms with Crippen LogP contribution in [0.15, 0.2) is 72.4 Å². The number of sulfonamides is 1. The van der Waals surface area contributed by atoms with Gasteiger partial charge in [0, 0.05) is 24.2 Å². The van der Waals surface area contributed by atoms with E-state index in [-0.39, 0.29) is 21.2 Å². The van der Waals surface area contributed by atoms with Crippen LogP contribution in [0.25, 0.3) is 11.3 Å². The summed E-state index contributed by atoms with van der Waals surface area (Å²) in [6.07, 6.45) is 8.72. The van der Waals surface area contributed by atoms with E-state index in [0.717, 1.165) is 12.1 Å². The van der Waals surface area contributed by atoms with Crippen molar-refractivity contribution in [2.75, 3.05) is 4.72 Å². The average Bonchev–Trinajstić information content (AvgIpc) is 3.37. The van der Waals surface area contributed by atoms with Crippen LogP contribution in [0.5, 0.6) is 0 Å². The van der Waals surface area contributed by atoms with Gasteiger partial charge in [-0.2, -0.15) is 0 Å². The fraction of sp³-hybridized carbons (Fsp3) is 0.0909. The van der Waals surface area contributed by atoms with Crippen molar-refractivity contribution in [3.63, 3.8) is 0 Å². The molecule has 1 aromatic carbocycles. The number of rotatable bonds is 6. The first kappa shape index (κ1) is 24.2. The Morgan fingerprint density at radius 3 is 2.71 bits per heavy atom. The van der Waals surface area contributed by atoms with Gasteiger partial charge < -0.3 is 4.90 Å². The molecule has 0 aliphatic carbocycles. The van der Waals surface area contributed by atoms with Crippen LogP contribution in [0.2, 0.25) is 5.02 Å². The molecule has 1 aliphatic heterocycles. The maximum atomic E-state index is 15.5. The molecule has 0 fully saturated rings. The number of pyridine rings is 1. The van der Waals surface area contributed by atoms with Gasteiger partial charge in [0.2, 0.25) is 0 Å². The molecule has 0 saturated carbocycles. The molecule has 0 unspecified atom stereocenters. The summed E-state index contributed by atoms with van der Waals surface area (Å²) in [6.45, 7) is 6.97. The molecule has 0 atom stereocenters. The van der Waals surface area contributed by atoms with Gasteiger partial charge in [-0.25, -0.2) is 21.9 Å². The van der Waals surface area contributed by atoms with Crippen molar-refractivity contribution in [1.82, 2.24) is 30.1 Å². The summed E-state index contributed by atoms with van der Waals surface area (Å²) < 4.78 is 59.6. The minimum Gasteiger partial charge on any atom is -0.322 e. The molecule has 0 saturated heterocycles. The van der Waals surface area contributed by atoms with Gasteiger partial charge >= 0.3 is 0 Å². The number of anilines is 1. The standard InChI is InChI=1S/C22H18ClF2N7O2S/c1-4-31-11-15(5-8-19(31)14(3)32-12-27-29-30-32)21-17(24)6-7-18(22(21)25)28-35(33,34)20-9-16(23)10-26-13(20)2/h4-12,28H,1H2,2-3H3/b19-14+. The van der Waals surface area contributed by atoms with E-state index in [1.54, 1.807) is 17.9 Å². The topological polar surface area (TPSA) is 106 Å². The SMILES string of the molecule is C=CN1C=C(c2c(F)ccc(NS(=O)(=O)c3cc(Cl)cnc3C)c2F)C=C/C1=C(/C)n1cnnn1. The van der Waals surface area contributed by atoms with Crippen LogP contribution in [0.3, 0.4) is 0 Å². The summed E-state index contributed by atoms with van der Waals surface area (Å²) in [7, 11) is -4.26. The van der Waals surface area contributed by atoms with Crippen LogP contribution < -0.4 is 4.72 Å². The Labute approximate surface area is 204 Å². The Morgan fingerprint density at radius 2 is 2.03 bits per heavy atom. The molecule has 1 N–H and O–H groups in total. The van der Waals surface area contributed by atoms with Gasteiger partial charge in [-0.05, 0) is 48.5 Å². The van der Waals surface area contributed by atoms with Crippen LogP contribution in [0.4, 0.5) is 14.5 Å². The number of nitrogens with one attached hydrogen (secondary N) is 1. The molecule has 35 heavy (non-hydrogen) atoms. The molecule has 180 valence electrons. The van der Waals surface area contributed by atoms with Gasteiger partial charge in [0.05, 0.1) is 33.4 Å². The highest BCUT2D eigenvalue weighted by Gasteiger charge is 2.25. The van der Waals surface area contributed by atoms with Gasteiger partial charge in [0.15, 0.2) is 5.82 Å². The molecule has 0 radical (unpaired) electrons. The lowest BCUT2D eigenvalue weighted by Gasteiger charge is -2.24. The number of aromatic nitrogens is 5. The first-order valence-corrected chi connectivity index (χ1v) is 11.9. The minimum atomic E-state index is -4.26. The Balaban J connectivity index is 1.74. The fourth-order valence-corrected chi connectivity index (χ4v) is 4.92. The molecular weight excluding hydrogens is 500 g/mol. The Morgan fingerprint density at radius 1 is 1.26 bits per heavy atom. The lowest BCUT2D eigenvalue weighted by molar-refractivity contribution is 0.575. The third kappa shape index (κ3) is 4.70. The first-order valence-electron chi connectivity index (χ1n) is 10.0. The second kappa shape index (κ2) is 9.39. The zero-order valence-electron chi connectivity index (χ0n) is 18.4. The smallest absolute Gasteiger partial charge is 0.263 e. The van der Waals surface area contributed by atoms with Crippen molar-refractivity contribution >= 4 is 38.6 Å². The second-order valence-electron chi connectivity index (χ2n) is 7.36. The zero-order valence-corrected chi connectivity index (χ0v) is 20.0. The Kier molecular flexibility index (Phi) is 6.50. The van der Waals surface area contributed by atoms with Crippen molar-refractivity contribution in [2.24, 2.45) is 0 Å². The first-order chi connectivity index (χ1) is 16.6. The van der Waals surface area contributed by atoms with Crippen molar-refractivity contribution in [3.05, 3.63) is 95.5 Å². The molecule has 3 heterocycles. The number of halogens is 3. The predicted octanol–water partition coefficient (Wildman–Crippen LogP) is 4.35. The van der Waals surface area contributed by atoms with E-state index >= 15 is 4.39 Å². The molecule has 4 rings (SSSR count). The quantitative estimate of drug-likeness (QED) is 0.518. The third-order valence-corrected chi connectivity index (χ3v) is 6.85. The van der Waals surface area contributed by atoms with Crippen LogP contribution in [-0.4, -0.2) is 38.5 Å². The van der Waals surface area contributed by atoms with E-state index in [1.165, 1.54) is 48.7 Å². The van der Waals surface area contributed by atoms with E-state index < -0.39 is 32.9 Å². The lowest BCUT2D eigenvalue weighted by Crippen LogP contribution is -2.17. The summed E-state index contributed by atoms with van der Waals surface area (Å²) in [5.41, 5.74) is 0.697. The maximum absolute atomic E-state index is 15.5. The van der Waals surface area contributed by atoms with Gasteiger partial charge in [-0.3, -0.25) is 9.71 Å². The normalized spacial score (nSPS) is 15.1. The highest BCUT2D eigenvalue weighted by Crippen LogP contribution is 2.34. The molecular formula is C22H18ClF2N7O2S. The number of benzene rings is 1. The van der Waals surface area contributed by atoms with Crippen LogP contribution in [0, 0.1) is 18.6 Å². The van der Waals surface area contributed by atoms with Crippen LogP contribution in [0.1, 0.15) is 18.2 Å². The molecule has 13 heteroatoms. The highest BCUT2D eigenvalue weighted by atomic mass is 35.5. The number of allylic oxidation sites excluding steroid dienone is 4. The summed E-state index contributed by atoms with van der Waals surface area (Å²) in [6, 6.07) is 3.18. The molecule has 0 amide bonds. The van der Waals surface area contributed by atoms with E-state index in [9.17, 15) is 12.8 Å². The molecule has 1 aliphatic rings. The van der Waals surface area contributed by atoms with Crippen LogP contribution >= 0.6 is 11.6 Å². The maximum Gasteiger partial charge on any atom is 0.263 e. The summed E-state index contributed by atoms with van der Waals surface area (Å²) in [4.78, 5) is 5.24. The largest absolute Gasteiger partial charge is 0.322 e. The van der Waals surface area contributed by atoms with Crippen LogP contribution in [-0.2, 0) is 10.0 Å². The molecule has 2 aromatic heterocycles. The monoisotopic (exact) mass is 517 g/mol. The number of hydrogen-bond acceptors (Lipinski definition) is 7. The third-order valence-electron chi connectivity index (χ3n) is 5.16. The van der Waals surface area contributed by atoms with Gasteiger partial charge in [-0.1, -0.05) is 24.3 Å². The molecule has 0 spiro atoms. The number of hydrogen-bond donors (Lipinski definition) is 1. The predicted molar refractivity (Wildman–Crippen MR) is 127 cm³/mol. The van der Waals surface area contributed by atoms with Gasteiger partial charge in [0.1, 0.15) is 17.0 Å². The summed E-state index contributed by atoms with van der Waals surface area (Å²) in [5.74, 6) is -1.97. The zero-order chi connectivity index (χ0) is 25.3.